The average molecular weight is 960 g/mol. The van der Waals surface area contributed by atoms with Crippen LogP contribution in [0.1, 0.15) is 265 Å². The van der Waals surface area contributed by atoms with Crippen LogP contribution in [0.3, 0.4) is 0 Å². The Balaban J connectivity index is 4.47. The van der Waals surface area contributed by atoms with Gasteiger partial charge in [0.15, 0.2) is 6.10 Å². The molecule has 0 bridgehead atoms. The van der Waals surface area contributed by atoms with Crippen molar-refractivity contribution in [3.8, 4) is 0 Å². The summed E-state index contributed by atoms with van der Waals surface area (Å²) in [6.07, 6.45) is 75.5. The van der Waals surface area contributed by atoms with Gasteiger partial charge >= 0.3 is 17.9 Å². The molecule has 0 radical (unpaired) electrons. The molecular formula is C63H106O6. The molecule has 0 aliphatic carbocycles. The molecule has 0 rings (SSSR count). The first-order chi connectivity index (χ1) is 34.0. The summed E-state index contributed by atoms with van der Waals surface area (Å²) in [5.74, 6) is -0.973. The van der Waals surface area contributed by atoms with E-state index in [-0.39, 0.29) is 37.5 Å². The van der Waals surface area contributed by atoms with Gasteiger partial charge in [-0.15, -0.1) is 0 Å². The Kier molecular flexibility index (Phi) is 53.9. The van der Waals surface area contributed by atoms with Crippen LogP contribution in [0.15, 0.2) is 97.2 Å². The average Bonchev–Trinajstić information content (AvgIpc) is 3.35. The Bertz CT molecular complexity index is 1380. The number of rotatable bonds is 51. The third kappa shape index (κ3) is 55.1. The van der Waals surface area contributed by atoms with Gasteiger partial charge in [-0.3, -0.25) is 14.4 Å². The fourth-order valence-electron chi connectivity index (χ4n) is 7.85. The highest BCUT2D eigenvalue weighted by Crippen LogP contribution is 2.16. The minimum atomic E-state index is -0.807. The summed E-state index contributed by atoms with van der Waals surface area (Å²) in [6, 6.07) is 0. The van der Waals surface area contributed by atoms with E-state index in [2.05, 4.69) is 118 Å². The Hall–Kier alpha value is -3.67. The molecule has 6 heteroatoms. The van der Waals surface area contributed by atoms with Crippen LogP contribution in [0.4, 0.5) is 0 Å². The fraction of sp³-hybridized carbons (Fsp3) is 0.698. The lowest BCUT2D eigenvalue weighted by molar-refractivity contribution is -0.167. The molecule has 0 fully saturated rings. The summed E-state index contributed by atoms with van der Waals surface area (Å²) in [4.78, 5) is 38.1. The van der Waals surface area contributed by atoms with Gasteiger partial charge in [0.05, 0.1) is 0 Å². The van der Waals surface area contributed by atoms with Crippen molar-refractivity contribution in [2.75, 3.05) is 13.2 Å². The van der Waals surface area contributed by atoms with Crippen LogP contribution in [0.25, 0.3) is 0 Å². The van der Waals surface area contributed by atoms with Crippen molar-refractivity contribution in [1.29, 1.82) is 0 Å². The molecule has 0 aliphatic rings. The Morgan fingerprint density at radius 3 is 0.942 bits per heavy atom. The fourth-order valence-corrected chi connectivity index (χ4v) is 7.85. The molecule has 0 spiro atoms. The van der Waals surface area contributed by atoms with Gasteiger partial charge in [0.2, 0.25) is 0 Å². The monoisotopic (exact) mass is 959 g/mol. The van der Waals surface area contributed by atoms with Crippen molar-refractivity contribution in [3.05, 3.63) is 97.2 Å². The molecule has 0 heterocycles. The standard InChI is InChI=1S/C63H106O6/c1-4-7-10-13-16-19-22-25-28-30-31-33-36-39-42-45-48-51-54-57-63(66)69-60(58-67-61(64)55-52-49-46-43-40-37-34-27-24-21-18-15-12-9-6-3)59-68-62(65)56-53-50-47-44-41-38-35-32-29-26-23-20-17-14-11-8-5-2/h8-9,11-12,17-18,20-21,26-27,29,34-35,38,44,47,60H,4-7,10,13-16,19,22-25,28,30-33,36-37,39-43,45-46,48-59H2,1-3H3/b11-8-,12-9-,20-17-,21-18-,29-26-,34-27-,38-35-,47-44-/t60-/m0/s1. The van der Waals surface area contributed by atoms with Crippen LogP contribution >= 0.6 is 0 Å². The molecule has 394 valence electrons. The van der Waals surface area contributed by atoms with E-state index in [0.717, 1.165) is 116 Å². The van der Waals surface area contributed by atoms with E-state index in [1.807, 2.05) is 0 Å². The van der Waals surface area contributed by atoms with E-state index < -0.39 is 6.10 Å². The molecular weight excluding hydrogens is 853 g/mol. The van der Waals surface area contributed by atoms with Crippen molar-refractivity contribution in [3.63, 3.8) is 0 Å². The molecule has 0 aliphatic heterocycles. The van der Waals surface area contributed by atoms with E-state index in [0.29, 0.717) is 19.3 Å². The number of esters is 3. The second-order valence-electron chi connectivity index (χ2n) is 18.8. The topological polar surface area (TPSA) is 78.9 Å². The second kappa shape index (κ2) is 56.9. The van der Waals surface area contributed by atoms with Gasteiger partial charge in [-0.1, -0.05) is 253 Å². The minimum Gasteiger partial charge on any atom is -0.462 e. The van der Waals surface area contributed by atoms with Gasteiger partial charge in [-0.2, -0.15) is 0 Å². The first-order valence-electron chi connectivity index (χ1n) is 28.7. The molecule has 0 aromatic carbocycles. The summed E-state index contributed by atoms with van der Waals surface area (Å²) in [5.41, 5.74) is 0. The smallest absolute Gasteiger partial charge is 0.306 e. The number of ether oxygens (including phenoxy) is 3. The normalized spacial score (nSPS) is 12.8. The Morgan fingerprint density at radius 1 is 0.304 bits per heavy atom. The lowest BCUT2D eigenvalue weighted by Crippen LogP contribution is -2.30. The van der Waals surface area contributed by atoms with Crippen LogP contribution in [0.2, 0.25) is 0 Å². The van der Waals surface area contributed by atoms with E-state index in [1.165, 1.54) is 103 Å². The molecule has 1 atom stereocenters. The molecule has 0 aromatic rings. The molecule has 0 amide bonds. The summed E-state index contributed by atoms with van der Waals surface area (Å²) in [6.45, 7) is 6.37. The summed E-state index contributed by atoms with van der Waals surface area (Å²) in [7, 11) is 0. The molecule has 0 aromatic heterocycles. The number of carbonyl (C=O) groups excluding carboxylic acids is 3. The van der Waals surface area contributed by atoms with Crippen molar-refractivity contribution in [2.24, 2.45) is 0 Å². The van der Waals surface area contributed by atoms with E-state index in [9.17, 15) is 14.4 Å². The zero-order valence-electron chi connectivity index (χ0n) is 45.0. The van der Waals surface area contributed by atoms with Gasteiger partial charge in [-0.25, -0.2) is 0 Å². The van der Waals surface area contributed by atoms with E-state index >= 15 is 0 Å². The highest BCUT2D eigenvalue weighted by molar-refractivity contribution is 5.71. The van der Waals surface area contributed by atoms with Gasteiger partial charge < -0.3 is 14.2 Å². The van der Waals surface area contributed by atoms with Gasteiger partial charge in [-0.05, 0) is 89.9 Å². The van der Waals surface area contributed by atoms with Gasteiger partial charge in [0, 0.05) is 19.3 Å². The van der Waals surface area contributed by atoms with Crippen molar-refractivity contribution in [2.45, 2.75) is 271 Å². The van der Waals surface area contributed by atoms with Crippen molar-refractivity contribution < 1.29 is 28.6 Å². The predicted molar refractivity (Wildman–Crippen MR) is 297 cm³/mol. The number of carbonyl (C=O) groups is 3. The summed E-state index contributed by atoms with van der Waals surface area (Å²) in [5, 5.41) is 0. The maximum atomic E-state index is 12.9. The predicted octanol–water partition coefficient (Wildman–Crippen LogP) is 19.3. The van der Waals surface area contributed by atoms with Crippen molar-refractivity contribution >= 4 is 17.9 Å². The van der Waals surface area contributed by atoms with Crippen molar-refractivity contribution in [1.82, 2.24) is 0 Å². The highest BCUT2D eigenvalue weighted by Gasteiger charge is 2.19. The first-order valence-corrected chi connectivity index (χ1v) is 28.7. The highest BCUT2D eigenvalue weighted by atomic mass is 16.6. The first kappa shape index (κ1) is 65.3. The van der Waals surface area contributed by atoms with Crippen LogP contribution in [0.5, 0.6) is 0 Å². The molecule has 0 saturated carbocycles. The lowest BCUT2D eigenvalue weighted by atomic mass is 10.0. The maximum absolute atomic E-state index is 12.9. The third-order valence-electron chi connectivity index (χ3n) is 12.1. The largest absolute Gasteiger partial charge is 0.462 e. The Labute approximate surface area is 426 Å². The number of hydrogen-bond donors (Lipinski definition) is 0. The van der Waals surface area contributed by atoms with Crippen LogP contribution in [-0.2, 0) is 28.6 Å². The zero-order valence-corrected chi connectivity index (χ0v) is 45.0. The summed E-state index contributed by atoms with van der Waals surface area (Å²) < 4.78 is 16.8. The number of unbranched alkanes of at least 4 members (excludes halogenated alkanes) is 24. The second-order valence-corrected chi connectivity index (χ2v) is 18.8. The Morgan fingerprint density at radius 2 is 0.580 bits per heavy atom. The SMILES string of the molecule is CC/C=C\C/C=C\C/C=C\C/C=C\C/C=C\CCCC(=O)OC[C@H](COC(=O)CCCCCCC/C=C\C/C=C\C/C=C\CC)OC(=O)CCCCCCCCCCCCCCCCCCCCC. The molecule has 0 unspecified atom stereocenters. The zero-order chi connectivity index (χ0) is 50.0. The lowest BCUT2D eigenvalue weighted by Gasteiger charge is -2.18. The van der Waals surface area contributed by atoms with Crippen LogP contribution in [-0.4, -0.2) is 37.2 Å². The summed E-state index contributed by atoms with van der Waals surface area (Å²) >= 11 is 0. The van der Waals surface area contributed by atoms with E-state index in [1.54, 1.807) is 0 Å². The quantitative estimate of drug-likeness (QED) is 0.0262. The molecule has 0 saturated heterocycles. The molecule has 6 nitrogen and oxygen atoms in total. The maximum Gasteiger partial charge on any atom is 0.306 e. The third-order valence-corrected chi connectivity index (χ3v) is 12.1. The molecule has 69 heavy (non-hydrogen) atoms. The molecule has 0 N–H and O–H groups in total. The van der Waals surface area contributed by atoms with Gasteiger partial charge in [0.1, 0.15) is 13.2 Å². The van der Waals surface area contributed by atoms with Gasteiger partial charge in [0.25, 0.3) is 0 Å². The van der Waals surface area contributed by atoms with E-state index in [4.69, 9.17) is 14.2 Å². The number of hydrogen-bond acceptors (Lipinski definition) is 6. The minimum absolute atomic E-state index is 0.103. The van der Waals surface area contributed by atoms with Crippen LogP contribution in [0, 0.1) is 0 Å². The number of allylic oxidation sites excluding steroid dienone is 16. The van der Waals surface area contributed by atoms with Crippen LogP contribution < -0.4 is 0 Å².